The van der Waals surface area contributed by atoms with Crippen molar-refractivity contribution in [1.82, 2.24) is 0 Å². The summed E-state index contributed by atoms with van der Waals surface area (Å²) in [5.74, 6) is 0.317. The van der Waals surface area contributed by atoms with Gasteiger partial charge in [0.1, 0.15) is 5.75 Å². The van der Waals surface area contributed by atoms with Crippen molar-refractivity contribution in [1.29, 1.82) is 0 Å². The first-order chi connectivity index (χ1) is 13.7. The molecular formula is C25H18O3. The molecule has 0 aliphatic rings. The molecule has 0 bridgehead atoms. The van der Waals surface area contributed by atoms with Crippen LogP contribution in [-0.2, 0) is 0 Å². The molecule has 4 aromatic rings. The van der Waals surface area contributed by atoms with E-state index in [-0.39, 0.29) is 0 Å². The summed E-state index contributed by atoms with van der Waals surface area (Å²) >= 11 is 0. The molecule has 3 heteroatoms. The largest absolute Gasteiger partial charge is 0.511 e. The second-order valence-corrected chi connectivity index (χ2v) is 6.33. The molecular weight excluding hydrogens is 348 g/mol. The highest BCUT2D eigenvalue weighted by Gasteiger charge is 2.20. The second-order valence-electron chi connectivity index (χ2n) is 6.33. The summed E-state index contributed by atoms with van der Waals surface area (Å²) in [7, 11) is 0. The molecule has 1 N–H and O–H groups in total. The van der Waals surface area contributed by atoms with Crippen LogP contribution in [0.4, 0.5) is 4.79 Å². The normalized spacial score (nSPS) is 10.4. The Labute approximate surface area is 163 Å². The van der Waals surface area contributed by atoms with Crippen molar-refractivity contribution in [3.63, 3.8) is 0 Å². The maximum absolute atomic E-state index is 11.3. The highest BCUT2D eigenvalue weighted by atomic mass is 16.7. The molecule has 0 aliphatic carbocycles. The van der Waals surface area contributed by atoms with Crippen LogP contribution in [0.1, 0.15) is 0 Å². The van der Waals surface area contributed by atoms with Gasteiger partial charge in [0.2, 0.25) is 0 Å². The van der Waals surface area contributed by atoms with Crippen LogP contribution in [-0.4, -0.2) is 11.3 Å². The molecule has 0 amide bonds. The molecule has 0 heterocycles. The van der Waals surface area contributed by atoms with Crippen LogP contribution in [0.3, 0.4) is 0 Å². The van der Waals surface area contributed by atoms with Crippen molar-refractivity contribution in [2.45, 2.75) is 0 Å². The van der Waals surface area contributed by atoms with Gasteiger partial charge < -0.3 is 9.84 Å². The lowest BCUT2D eigenvalue weighted by Crippen LogP contribution is -2.05. The molecule has 0 aromatic heterocycles. The maximum atomic E-state index is 11.3. The van der Waals surface area contributed by atoms with Crippen LogP contribution < -0.4 is 4.74 Å². The molecule has 0 spiro atoms. The van der Waals surface area contributed by atoms with E-state index in [4.69, 9.17) is 4.74 Å². The van der Waals surface area contributed by atoms with Crippen molar-refractivity contribution >= 4 is 6.16 Å². The third kappa shape index (κ3) is 3.51. The SMILES string of the molecule is O=C(O)Oc1ccc(-c2ccccc2)c(-c2ccccc2)c1-c1ccccc1. The summed E-state index contributed by atoms with van der Waals surface area (Å²) in [6, 6.07) is 33.4. The van der Waals surface area contributed by atoms with Gasteiger partial charge in [-0.2, -0.15) is 0 Å². The molecule has 4 rings (SSSR count). The van der Waals surface area contributed by atoms with E-state index in [1.165, 1.54) is 0 Å². The molecule has 136 valence electrons. The molecule has 28 heavy (non-hydrogen) atoms. The number of benzene rings is 4. The van der Waals surface area contributed by atoms with Gasteiger partial charge in [-0.25, -0.2) is 4.79 Å². The summed E-state index contributed by atoms with van der Waals surface area (Å²) in [4.78, 5) is 11.3. The zero-order valence-corrected chi connectivity index (χ0v) is 15.1. The monoisotopic (exact) mass is 366 g/mol. The van der Waals surface area contributed by atoms with Gasteiger partial charge >= 0.3 is 6.16 Å². The van der Waals surface area contributed by atoms with Crippen molar-refractivity contribution in [2.24, 2.45) is 0 Å². The fraction of sp³-hybridized carbons (Fsp3) is 0. The molecule has 0 aliphatic heterocycles. The highest BCUT2D eigenvalue weighted by Crippen LogP contribution is 2.45. The van der Waals surface area contributed by atoms with Gasteiger partial charge in [-0.1, -0.05) is 97.1 Å². The lowest BCUT2D eigenvalue weighted by atomic mass is 9.87. The average Bonchev–Trinajstić information content (AvgIpc) is 2.75. The van der Waals surface area contributed by atoms with Crippen LogP contribution in [0.2, 0.25) is 0 Å². The Morgan fingerprint density at radius 3 is 1.54 bits per heavy atom. The van der Waals surface area contributed by atoms with Gasteiger partial charge in [0.05, 0.1) is 0 Å². The van der Waals surface area contributed by atoms with Crippen molar-refractivity contribution < 1.29 is 14.6 Å². The summed E-state index contributed by atoms with van der Waals surface area (Å²) in [6.07, 6.45) is -1.33. The number of carboxylic acid groups (broad SMARTS) is 1. The van der Waals surface area contributed by atoms with Gasteiger partial charge in [-0.15, -0.1) is 0 Å². The lowest BCUT2D eigenvalue weighted by molar-refractivity contribution is 0.144. The zero-order valence-electron chi connectivity index (χ0n) is 15.1. The number of ether oxygens (including phenoxy) is 1. The van der Waals surface area contributed by atoms with Crippen LogP contribution in [0.25, 0.3) is 33.4 Å². The molecule has 0 radical (unpaired) electrons. The van der Waals surface area contributed by atoms with E-state index in [0.29, 0.717) is 5.75 Å². The quantitative estimate of drug-likeness (QED) is 0.321. The Hall–Kier alpha value is -3.85. The third-order valence-electron chi connectivity index (χ3n) is 4.57. The fourth-order valence-corrected chi connectivity index (χ4v) is 3.42. The maximum Gasteiger partial charge on any atom is 0.511 e. The van der Waals surface area contributed by atoms with Crippen LogP contribution in [0, 0.1) is 0 Å². The number of carbonyl (C=O) groups is 1. The zero-order chi connectivity index (χ0) is 19.3. The number of hydrogen-bond donors (Lipinski definition) is 1. The first-order valence-electron chi connectivity index (χ1n) is 8.98. The van der Waals surface area contributed by atoms with Crippen molar-refractivity contribution in [2.75, 3.05) is 0 Å². The summed E-state index contributed by atoms with van der Waals surface area (Å²) in [5, 5.41) is 9.26. The smallest absolute Gasteiger partial charge is 0.449 e. The average molecular weight is 366 g/mol. The van der Waals surface area contributed by atoms with Gasteiger partial charge in [0, 0.05) is 11.1 Å². The van der Waals surface area contributed by atoms with Gasteiger partial charge in [0.15, 0.2) is 0 Å². The van der Waals surface area contributed by atoms with Crippen LogP contribution >= 0.6 is 0 Å². The number of rotatable bonds is 4. The summed E-state index contributed by atoms with van der Waals surface area (Å²) < 4.78 is 5.17. The minimum atomic E-state index is -1.33. The summed E-state index contributed by atoms with van der Waals surface area (Å²) in [6.45, 7) is 0. The third-order valence-corrected chi connectivity index (χ3v) is 4.57. The van der Waals surface area contributed by atoms with E-state index in [1.54, 1.807) is 6.07 Å². The molecule has 3 nitrogen and oxygen atoms in total. The first-order valence-corrected chi connectivity index (χ1v) is 8.98. The van der Waals surface area contributed by atoms with E-state index in [0.717, 1.165) is 33.4 Å². The lowest BCUT2D eigenvalue weighted by Gasteiger charge is -2.19. The van der Waals surface area contributed by atoms with E-state index in [9.17, 15) is 9.90 Å². The Morgan fingerprint density at radius 2 is 1.04 bits per heavy atom. The van der Waals surface area contributed by atoms with E-state index >= 15 is 0 Å². The van der Waals surface area contributed by atoms with Crippen molar-refractivity contribution in [3.05, 3.63) is 103 Å². The van der Waals surface area contributed by atoms with Gasteiger partial charge in [-0.05, 0) is 28.3 Å². The fourth-order valence-electron chi connectivity index (χ4n) is 3.42. The summed E-state index contributed by atoms with van der Waals surface area (Å²) in [5.41, 5.74) is 5.67. The minimum Gasteiger partial charge on any atom is -0.449 e. The molecule has 0 fully saturated rings. The standard InChI is InChI=1S/C25H18O3/c26-25(27)28-22-17-16-21(18-10-4-1-5-11-18)23(19-12-6-2-7-13-19)24(22)20-14-8-3-9-15-20/h1-17H,(H,26,27). The molecule has 0 atom stereocenters. The number of hydrogen-bond acceptors (Lipinski definition) is 2. The molecule has 0 saturated carbocycles. The van der Waals surface area contributed by atoms with Crippen molar-refractivity contribution in [3.8, 4) is 39.1 Å². The van der Waals surface area contributed by atoms with Gasteiger partial charge in [0.25, 0.3) is 0 Å². The van der Waals surface area contributed by atoms with Crippen LogP contribution in [0.5, 0.6) is 5.75 Å². The minimum absolute atomic E-state index is 0.317. The van der Waals surface area contributed by atoms with Gasteiger partial charge in [-0.3, -0.25) is 0 Å². The van der Waals surface area contributed by atoms with E-state index in [1.807, 2.05) is 97.1 Å². The first kappa shape index (κ1) is 17.6. The Balaban J connectivity index is 2.09. The Kier molecular flexibility index (Phi) is 4.89. The van der Waals surface area contributed by atoms with E-state index in [2.05, 4.69) is 0 Å². The topological polar surface area (TPSA) is 46.5 Å². The Morgan fingerprint density at radius 1 is 0.571 bits per heavy atom. The van der Waals surface area contributed by atoms with E-state index < -0.39 is 6.16 Å². The Bertz CT molecular complexity index is 1090. The second kappa shape index (κ2) is 7.80. The van der Waals surface area contributed by atoms with Crippen LogP contribution in [0.15, 0.2) is 103 Å². The molecule has 0 saturated heterocycles. The molecule has 0 unspecified atom stereocenters. The predicted molar refractivity (Wildman–Crippen MR) is 111 cm³/mol. The predicted octanol–water partition coefficient (Wildman–Crippen LogP) is 6.74. The highest BCUT2D eigenvalue weighted by molar-refractivity contribution is 5.97. The molecule has 4 aromatic carbocycles.